The van der Waals surface area contributed by atoms with Crippen molar-refractivity contribution in [2.45, 2.75) is 37.2 Å². The molecule has 0 atom stereocenters. The highest BCUT2D eigenvalue weighted by Gasteiger charge is 2.28. The van der Waals surface area contributed by atoms with Crippen LogP contribution in [0.2, 0.25) is 0 Å². The monoisotopic (exact) mass is 424 g/mol. The Morgan fingerprint density at radius 1 is 1.07 bits per heavy atom. The Kier molecular flexibility index (Phi) is 5.09. The first-order valence-electron chi connectivity index (χ1n) is 8.76. The molecule has 1 aliphatic rings. The van der Waals surface area contributed by atoms with Gasteiger partial charge in [-0.1, -0.05) is 6.07 Å². The van der Waals surface area contributed by atoms with Gasteiger partial charge in [0.05, 0.1) is 22.5 Å². The van der Waals surface area contributed by atoms with Gasteiger partial charge >= 0.3 is 0 Å². The number of sulfonamides is 2. The molecule has 9 heteroatoms. The number of aryl methyl sites for hydroxylation is 1. The lowest BCUT2D eigenvalue weighted by Gasteiger charge is -2.32. The summed E-state index contributed by atoms with van der Waals surface area (Å²) in [4.78, 5) is 0.136. The van der Waals surface area contributed by atoms with E-state index in [0.717, 1.165) is 29.0 Å². The van der Waals surface area contributed by atoms with E-state index in [2.05, 4.69) is 4.72 Å². The fourth-order valence-corrected chi connectivity index (χ4v) is 4.57. The van der Waals surface area contributed by atoms with Crippen molar-refractivity contribution in [2.75, 3.05) is 22.3 Å². The van der Waals surface area contributed by atoms with Crippen LogP contribution in [0.1, 0.15) is 25.8 Å². The van der Waals surface area contributed by atoms with Crippen molar-refractivity contribution in [1.82, 2.24) is 0 Å². The first-order chi connectivity index (χ1) is 12.9. The van der Waals surface area contributed by atoms with E-state index in [-0.39, 0.29) is 16.2 Å². The highest BCUT2D eigenvalue weighted by Crippen LogP contribution is 2.34. The molecule has 0 aliphatic carbocycles. The summed E-state index contributed by atoms with van der Waals surface area (Å²) >= 11 is 0. The van der Waals surface area contributed by atoms with Crippen LogP contribution in [0.25, 0.3) is 0 Å². The maximum atomic E-state index is 12.8. The van der Waals surface area contributed by atoms with Crippen molar-refractivity contribution < 1.29 is 21.6 Å². The molecule has 0 fully saturated rings. The first-order valence-corrected chi connectivity index (χ1v) is 12.1. The molecule has 0 radical (unpaired) electrons. The van der Waals surface area contributed by atoms with E-state index in [1.807, 2.05) is 13.8 Å². The average molecular weight is 425 g/mol. The number of rotatable bonds is 5. The summed E-state index contributed by atoms with van der Waals surface area (Å²) in [6, 6.07) is 11.0. The van der Waals surface area contributed by atoms with Gasteiger partial charge in [-0.3, -0.25) is 9.03 Å². The van der Waals surface area contributed by atoms with Crippen molar-refractivity contribution in [3.05, 3.63) is 48.0 Å². The zero-order valence-electron chi connectivity index (χ0n) is 16.3. The molecule has 0 amide bonds. The largest absolute Gasteiger partial charge is 0.488 e. The quantitative estimate of drug-likeness (QED) is 0.797. The van der Waals surface area contributed by atoms with Crippen LogP contribution >= 0.6 is 0 Å². The number of anilines is 2. The van der Waals surface area contributed by atoms with Crippen LogP contribution in [0.4, 0.5) is 11.4 Å². The van der Waals surface area contributed by atoms with Crippen molar-refractivity contribution in [3.63, 3.8) is 0 Å². The summed E-state index contributed by atoms with van der Waals surface area (Å²) in [7, 11) is -5.86. The van der Waals surface area contributed by atoms with Crippen LogP contribution in [-0.2, 0) is 26.5 Å². The van der Waals surface area contributed by atoms with E-state index >= 15 is 0 Å². The van der Waals surface area contributed by atoms with E-state index in [4.69, 9.17) is 4.74 Å². The Morgan fingerprint density at radius 3 is 2.46 bits per heavy atom. The fraction of sp³-hybridized carbons (Fsp3) is 0.368. The second-order valence-corrected chi connectivity index (χ2v) is 11.2. The number of fused-ring (bicyclic) bond motifs is 1. The molecule has 0 spiro atoms. The highest BCUT2D eigenvalue weighted by molar-refractivity contribution is 7.92. The van der Waals surface area contributed by atoms with Crippen LogP contribution < -0.4 is 13.8 Å². The molecular formula is C19H24N2O5S2. The number of nitrogens with one attached hydrogen (secondary N) is 1. The van der Waals surface area contributed by atoms with E-state index in [1.165, 1.54) is 19.2 Å². The summed E-state index contributed by atoms with van der Waals surface area (Å²) in [5.41, 5.74) is 1.23. The van der Waals surface area contributed by atoms with Gasteiger partial charge < -0.3 is 4.74 Å². The van der Waals surface area contributed by atoms with Gasteiger partial charge in [0, 0.05) is 7.05 Å². The zero-order valence-corrected chi connectivity index (χ0v) is 17.9. The summed E-state index contributed by atoms with van der Waals surface area (Å²) < 4.78 is 58.5. The second-order valence-electron chi connectivity index (χ2n) is 7.52. The lowest BCUT2D eigenvalue weighted by atomic mass is 9.94. The maximum absolute atomic E-state index is 12.8. The van der Waals surface area contributed by atoms with Crippen molar-refractivity contribution >= 4 is 31.4 Å². The predicted octanol–water partition coefficient (Wildman–Crippen LogP) is 2.99. The number of nitrogens with zero attached hydrogens (tertiary/aromatic N) is 1. The topological polar surface area (TPSA) is 92.8 Å². The molecule has 3 rings (SSSR count). The molecule has 152 valence electrons. The van der Waals surface area contributed by atoms with Crippen LogP contribution in [-0.4, -0.2) is 35.7 Å². The summed E-state index contributed by atoms with van der Waals surface area (Å²) in [5.74, 6) is 0.701. The molecule has 1 N–H and O–H groups in total. The molecule has 7 nitrogen and oxygen atoms in total. The van der Waals surface area contributed by atoms with Gasteiger partial charge in [0.2, 0.25) is 10.0 Å². The van der Waals surface area contributed by atoms with Crippen LogP contribution in [0.15, 0.2) is 47.4 Å². The molecule has 1 heterocycles. The Labute approximate surface area is 166 Å². The average Bonchev–Trinajstić information content (AvgIpc) is 2.59. The van der Waals surface area contributed by atoms with E-state index in [1.54, 1.807) is 30.3 Å². The first kappa shape index (κ1) is 20.5. The third-order valence-corrected chi connectivity index (χ3v) is 7.27. The number of ether oxygens (including phenoxy) is 1. The van der Waals surface area contributed by atoms with Gasteiger partial charge in [-0.05, 0) is 68.7 Å². The Hall–Kier alpha value is -2.26. The SMILES string of the molecule is CN(c1cccc(NS(=O)(=O)c2ccc3c(c2)CCC(C)(C)O3)c1)S(C)(=O)=O. The third-order valence-electron chi connectivity index (χ3n) is 4.68. The van der Waals surface area contributed by atoms with Crippen molar-refractivity contribution in [1.29, 1.82) is 0 Å². The van der Waals surface area contributed by atoms with Gasteiger partial charge in [0.1, 0.15) is 11.4 Å². The molecule has 0 aromatic heterocycles. The Morgan fingerprint density at radius 2 is 1.79 bits per heavy atom. The molecular weight excluding hydrogens is 400 g/mol. The minimum Gasteiger partial charge on any atom is -0.488 e. The fourth-order valence-electron chi connectivity index (χ4n) is 2.97. The number of hydrogen-bond donors (Lipinski definition) is 1. The lowest BCUT2D eigenvalue weighted by molar-refractivity contribution is 0.0845. The van der Waals surface area contributed by atoms with E-state index < -0.39 is 20.0 Å². The lowest BCUT2D eigenvalue weighted by Crippen LogP contribution is -2.32. The van der Waals surface area contributed by atoms with Gasteiger partial charge in [-0.2, -0.15) is 0 Å². The van der Waals surface area contributed by atoms with Crippen molar-refractivity contribution in [3.8, 4) is 5.75 Å². The zero-order chi connectivity index (χ0) is 20.7. The van der Waals surface area contributed by atoms with Gasteiger partial charge in [-0.25, -0.2) is 16.8 Å². The molecule has 28 heavy (non-hydrogen) atoms. The minimum absolute atomic E-state index is 0.136. The Balaban J connectivity index is 1.87. The smallest absolute Gasteiger partial charge is 0.261 e. The van der Waals surface area contributed by atoms with E-state index in [9.17, 15) is 16.8 Å². The molecule has 0 unspecified atom stereocenters. The predicted molar refractivity (Wildman–Crippen MR) is 110 cm³/mol. The van der Waals surface area contributed by atoms with Crippen molar-refractivity contribution in [2.24, 2.45) is 0 Å². The number of hydrogen-bond acceptors (Lipinski definition) is 5. The molecule has 2 aromatic carbocycles. The minimum atomic E-state index is -3.83. The Bertz CT molecular complexity index is 1110. The van der Waals surface area contributed by atoms with Crippen LogP contribution in [0.5, 0.6) is 5.75 Å². The van der Waals surface area contributed by atoms with Crippen LogP contribution in [0, 0.1) is 0 Å². The maximum Gasteiger partial charge on any atom is 0.261 e. The number of benzene rings is 2. The standard InChI is InChI=1S/C19H24N2O5S2/c1-19(2)11-10-14-12-17(8-9-18(14)26-19)28(24,25)20-15-6-5-7-16(13-15)21(3)27(4,22)23/h5-9,12-13,20H,10-11H2,1-4H3. The van der Waals surface area contributed by atoms with E-state index in [0.29, 0.717) is 11.4 Å². The molecule has 1 aliphatic heterocycles. The molecule has 0 bridgehead atoms. The normalized spacial score (nSPS) is 16.0. The van der Waals surface area contributed by atoms with Crippen LogP contribution in [0.3, 0.4) is 0 Å². The third kappa shape index (κ3) is 4.41. The summed E-state index contributed by atoms with van der Waals surface area (Å²) in [6.45, 7) is 4.01. The second kappa shape index (κ2) is 6.97. The molecule has 2 aromatic rings. The van der Waals surface area contributed by atoms with Gasteiger partial charge in [0.25, 0.3) is 10.0 Å². The molecule has 0 saturated heterocycles. The molecule has 0 saturated carbocycles. The highest BCUT2D eigenvalue weighted by atomic mass is 32.2. The summed E-state index contributed by atoms with van der Waals surface area (Å²) in [6.07, 6.45) is 2.62. The van der Waals surface area contributed by atoms with Gasteiger partial charge in [0.15, 0.2) is 0 Å². The van der Waals surface area contributed by atoms with Gasteiger partial charge in [-0.15, -0.1) is 0 Å². The summed E-state index contributed by atoms with van der Waals surface area (Å²) in [5, 5.41) is 0.